The smallest absolute Gasteiger partial charge is 0.335 e. The number of thioether (sulfide) groups is 1. The molecule has 2 aromatic carbocycles. The number of carboxylic acids is 2. The lowest BCUT2D eigenvalue weighted by atomic mass is 10.1. The summed E-state index contributed by atoms with van der Waals surface area (Å²) < 4.78 is 0. The summed E-state index contributed by atoms with van der Waals surface area (Å²) in [5.41, 5.74) is -0.249. The molecular weight excluding hydrogens is 400 g/mol. The minimum absolute atomic E-state index is 0.0333. The van der Waals surface area contributed by atoms with E-state index in [9.17, 15) is 24.0 Å². The highest BCUT2D eigenvalue weighted by Gasteiger charge is 2.41. The summed E-state index contributed by atoms with van der Waals surface area (Å²) in [5, 5.41) is 19.1. The van der Waals surface area contributed by atoms with E-state index in [1.165, 1.54) is 0 Å². The molecular formula is C19H14N2O7S. The molecule has 0 spiro atoms. The van der Waals surface area contributed by atoms with E-state index in [1.807, 2.05) is 0 Å². The van der Waals surface area contributed by atoms with E-state index in [0.29, 0.717) is 5.69 Å². The van der Waals surface area contributed by atoms with Crippen LogP contribution in [0.1, 0.15) is 27.1 Å². The summed E-state index contributed by atoms with van der Waals surface area (Å²) in [6.07, 6.45) is -0.335. The Morgan fingerprint density at radius 3 is 2.10 bits per heavy atom. The van der Waals surface area contributed by atoms with Crippen LogP contribution in [0.4, 0.5) is 16.2 Å². The number of rotatable bonds is 6. The van der Waals surface area contributed by atoms with Gasteiger partial charge in [0.05, 0.1) is 16.8 Å². The summed E-state index contributed by atoms with van der Waals surface area (Å²) in [5.74, 6) is -3.90. The highest BCUT2D eigenvalue weighted by Crippen LogP contribution is 2.33. The Morgan fingerprint density at radius 1 is 0.966 bits per heavy atom. The molecule has 10 heteroatoms. The standard InChI is InChI=1S/C19H14N2O7S/c22-15(20-12-7-10(17(24)25)6-11(8-12)18(26)27)9-14-16(23)21(19(28)29-14)13-4-2-1-3-5-13/h1-8,14H,9H2,(H,20,22)(H,24,25)(H,26,27). The van der Waals surface area contributed by atoms with E-state index in [1.54, 1.807) is 30.3 Å². The van der Waals surface area contributed by atoms with Gasteiger partial charge in [-0.25, -0.2) is 14.5 Å². The van der Waals surface area contributed by atoms with E-state index < -0.39 is 34.2 Å². The van der Waals surface area contributed by atoms with Gasteiger partial charge in [-0.15, -0.1) is 0 Å². The van der Waals surface area contributed by atoms with Crippen LogP contribution in [-0.4, -0.2) is 44.5 Å². The number of hydrogen-bond acceptors (Lipinski definition) is 6. The van der Waals surface area contributed by atoms with Crippen molar-refractivity contribution in [3.8, 4) is 0 Å². The Kier molecular flexibility index (Phi) is 5.64. The maximum atomic E-state index is 12.5. The number of anilines is 2. The molecule has 0 radical (unpaired) electrons. The van der Waals surface area contributed by atoms with Gasteiger partial charge < -0.3 is 15.5 Å². The lowest BCUT2D eigenvalue weighted by molar-refractivity contribution is -0.121. The number of imide groups is 1. The van der Waals surface area contributed by atoms with Crippen molar-refractivity contribution in [1.29, 1.82) is 0 Å². The Hall–Kier alpha value is -3.66. The number of nitrogens with one attached hydrogen (secondary N) is 1. The van der Waals surface area contributed by atoms with Crippen LogP contribution in [0.5, 0.6) is 0 Å². The molecule has 148 valence electrons. The molecule has 0 aromatic heterocycles. The van der Waals surface area contributed by atoms with Gasteiger partial charge in [0.25, 0.3) is 5.24 Å². The number of amides is 3. The molecule has 1 unspecified atom stereocenters. The molecule has 0 aliphatic carbocycles. The molecule has 1 aliphatic heterocycles. The number of para-hydroxylation sites is 1. The van der Waals surface area contributed by atoms with Crippen molar-refractivity contribution in [3.63, 3.8) is 0 Å². The molecule has 3 amide bonds. The normalized spacial score (nSPS) is 16.0. The number of aromatic carboxylic acids is 2. The molecule has 3 rings (SSSR count). The maximum absolute atomic E-state index is 12.5. The molecule has 1 fully saturated rings. The molecule has 2 aromatic rings. The second kappa shape index (κ2) is 8.15. The third kappa shape index (κ3) is 4.43. The summed E-state index contributed by atoms with van der Waals surface area (Å²) in [6.45, 7) is 0. The van der Waals surface area contributed by atoms with Gasteiger partial charge in [-0.05, 0) is 42.1 Å². The van der Waals surface area contributed by atoms with Crippen LogP contribution in [0.2, 0.25) is 0 Å². The van der Waals surface area contributed by atoms with Gasteiger partial charge in [-0.1, -0.05) is 18.2 Å². The van der Waals surface area contributed by atoms with Crippen molar-refractivity contribution in [2.75, 3.05) is 10.2 Å². The lowest BCUT2D eigenvalue weighted by Crippen LogP contribution is -2.32. The van der Waals surface area contributed by atoms with Gasteiger partial charge in [0.2, 0.25) is 11.8 Å². The van der Waals surface area contributed by atoms with Crippen LogP contribution in [0.25, 0.3) is 0 Å². The monoisotopic (exact) mass is 414 g/mol. The zero-order chi connectivity index (χ0) is 21.1. The Labute approximate surface area is 168 Å². The predicted octanol–water partition coefficient (Wildman–Crippen LogP) is 2.68. The second-order valence-corrected chi connectivity index (χ2v) is 7.20. The van der Waals surface area contributed by atoms with Crippen molar-refractivity contribution >= 4 is 52.1 Å². The van der Waals surface area contributed by atoms with E-state index in [0.717, 1.165) is 34.9 Å². The van der Waals surface area contributed by atoms with Gasteiger partial charge >= 0.3 is 11.9 Å². The third-order valence-electron chi connectivity index (χ3n) is 4.02. The summed E-state index contributed by atoms with van der Waals surface area (Å²) in [4.78, 5) is 60.3. The zero-order valence-electron chi connectivity index (χ0n) is 14.7. The van der Waals surface area contributed by atoms with Crippen LogP contribution in [0.3, 0.4) is 0 Å². The first kappa shape index (κ1) is 20.1. The third-order valence-corrected chi connectivity index (χ3v) is 5.05. The molecule has 0 saturated carbocycles. The molecule has 1 aliphatic rings. The molecule has 9 nitrogen and oxygen atoms in total. The summed E-state index contributed by atoms with van der Waals surface area (Å²) in [7, 11) is 0. The molecule has 3 N–H and O–H groups in total. The fourth-order valence-electron chi connectivity index (χ4n) is 2.72. The zero-order valence-corrected chi connectivity index (χ0v) is 15.5. The van der Waals surface area contributed by atoms with Gasteiger partial charge in [0.15, 0.2) is 0 Å². The Balaban J connectivity index is 1.73. The minimum atomic E-state index is -1.35. The van der Waals surface area contributed by atoms with Crippen LogP contribution in [0, 0.1) is 0 Å². The topological polar surface area (TPSA) is 141 Å². The van der Waals surface area contributed by atoms with Crippen molar-refractivity contribution in [3.05, 3.63) is 59.7 Å². The summed E-state index contributed by atoms with van der Waals surface area (Å²) >= 11 is 0.720. The van der Waals surface area contributed by atoms with Crippen LogP contribution in [0.15, 0.2) is 48.5 Å². The quantitative estimate of drug-likeness (QED) is 0.655. The number of benzene rings is 2. The maximum Gasteiger partial charge on any atom is 0.335 e. The van der Waals surface area contributed by atoms with Gasteiger partial charge in [0, 0.05) is 12.1 Å². The first-order valence-corrected chi connectivity index (χ1v) is 9.15. The second-order valence-electron chi connectivity index (χ2n) is 6.04. The van der Waals surface area contributed by atoms with E-state index >= 15 is 0 Å². The van der Waals surface area contributed by atoms with E-state index in [2.05, 4.69) is 5.32 Å². The fourth-order valence-corrected chi connectivity index (χ4v) is 3.71. The first-order valence-electron chi connectivity index (χ1n) is 8.27. The fraction of sp³-hybridized carbons (Fsp3) is 0.105. The predicted molar refractivity (Wildman–Crippen MR) is 104 cm³/mol. The van der Waals surface area contributed by atoms with E-state index in [4.69, 9.17) is 10.2 Å². The van der Waals surface area contributed by atoms with Crippen LogP contribution < -0.4 is 10.2 Å². The molecule has 0 bridgehead atoms. The number of nitrogens with zero attached hydrogens (tertiary/aromatic N) is 1. The SMILES string of the molecule is O=C(CC1SC(=O)N(c2ccccc2)C1=O)Nc1cc(C(=O)O)cc(C(=O)O)c1. The van der Waals surface area contributed by atoms with Crippen molar-refractivity contribution < 1.29 is 34.2 Å². The number of carbonyl (C=O) groups is 5. The number of carboxylic acid groups (broad SMARTS) is 2. The lowest BCUT2D eigenvalue weighted by Gasteiger charge is -2.13. The minimum Gasteiger partial charge on any atom is -0.478 e. The highest BCUT2D eigenvalue weighted by molar-refractivity contribution is 8.15. The van der Waals surface area contributed by atoms with Gasteiger partial charge in [-0.2, -0.15) is 0 Å². The Morgan fingerprint density at radius 2 is 1.55 bits per heavy atom. The van der Waals surface area contributed by atoms with E-state index in [-0.39, 0.29) is 23.2 Å². The van der Waals surface area contributed by atoms with Gasteiger partial charge in [-0.3, -0.25) is 14.4 Å². The summed E-state index contributed by atoms with van der Waals surface area (Å²) in [6, 6.07) is 11.5. The largest absolute Gasteiger partial charge is 0.478 e. The van der Waals surface area contributed by atoms with Crippen molar-refractivity contribution in [2.24, 2.45) is 0 Å². The molecule has 1 heterocycles. The van der Waals surface area contributed by atoms with Crippen molar-refractivity contribution in [1.82, 2.24) is 0 Å². The average molecular weight is 414 g/mol. The first-order chi connectivity index (χ1) is 13.8. The highest BCUT2D eigenvalue weighted by atomic mass is 32.2. The molecule has 1 saturated heterocycles. The number of hydrogen-bond donors (Lipinski definition) is 3. The van der Waals surface area contributed by atoms with Crippen molar-refractivity contribution in [2.45, 2.75) is 11.7 Å². The molecule has 1 atom stereocenters. The average Bonchev–Trinajstić information content (AvgIpc) is 2.95. The Bertz CT molecular complexity index is 990. The molecule has 29 heavy (non-hydrogen) atoms. The van der Waals surface area contributed by atoms with Crippen LogP contribution in [-0.2, 0) is 9.59 Å². The van der Waals surface area contributed by atoms with Crippen LogP contribution >= 0.6 is 11.8 Å². The number of carbonyl (C=O) groups excluding carboxylic acids is 3. The van der Waals surface area contributed by atoms with Gasteiger partial charge in [0.1, 0.15) is 5.25 Å².